The summed E-state index contributed by atoms with van der Waals surface area (Å²) in [5, 5.41) is 15.1. The van der Waals surface area contributed by atoms with E-state index in [2.05, 4.69) is 5.10 Å². The van der Waals surface area contributed by atoms with Gasteiger partial charge in [-0.15, -0.1) is 0 Å². The zero-order valence-corrected chi connectivity index (χ0v) is 15.4. The molecule has 0 unspecified atom stereocenters. The molecule has 3 fully saturated rings. The lowest BCUT2D eigenvalue weighted by Gasteiger charge is -2.27. The molecule has 4 atom stereocenters. The summed E-state index contributed by atoms with van der Waals surface area (Å²) in [5.74, 6) is -0.105. The standard InChI is InChI=1S/C21H26N2O4/c24-20-3-1-2-12-23(20)22-13-17-16(18-10-11-19(17)27-18)9-6-14-4-7-15(8-5-14)21(25)26/h4-5,7-8,13,16-19H,1-3,6,9-12H2,(H,25,26)/t16-,17-,18-,19+/m1/s1. The van der Waals surface area contributed by atoms with Gasteiger partial charge in [0.15, 0.2) is 0 Å². The molecule has 4 rings (SSSR count). The Morgan fingerprint density at radius 3 is 2.74 bits per heavy atom. The average Bonchev–Trinajstić information content (AvgIpc) is 3.27. The molecule has 144 valence electrons. The van der Waals surface area contributed by atoms with E-state index in [-0.39, 0.29) is 24.0 Å². The van der Waals surface area contributed by atoms with Crippen molar-refractivity contribution < 1.29 is 19.4 Å². The van der Waals surface area contributed by atoms with E-state index in [1.165, 1.54) is 0 Å². The molecular formula is C21H26N2O4. The summed E-state index contributed by atoms with van der Waals surface area (Å²) in [6.07, 6.45) is 9.09. The van der Waals surface area contributed by atoms with Gasteiger partial charge in [0.2, 0.25) is 5.91 Å². The van der Waals surface area contributed by atoms with Crippen LogP contribution in [0.5, 0.6) is 0 Å². The molecule has 3 saturated heterocycles. The summed E-state index contributed by atoms with van der Waals surface area (Å²) in [5.41, 5.74) is 1.46. The molecule has 2 bridgehead atoms. The van der Waals surface area contributed by atoms with Gasteiger partial charge in [-0.2, -0.15) is 5.10 Å². The first kappa shape index (κ1) is 18.2. The Morgan fingerprint density at radius 2 is 2.00 bits per heavy atom. The molecule has 1 aromatic carbocycles. The number of carbonyl (C=O) groups is 2. The van der Waals surface area contributed by atoms with E-state index in [0.29, 0.717) is 17.9 Å². The van der Waals surface area contributed by atoms with Gasteiger partial charge in [-0.05, 0) is 62.1 Å². The molecule has 27 heavy (non-hydrogen) atoms. The fraction of sp³-hybridized carbons (Fsp3) is 0.571. The monoisotopic (exact) mass is 370 g/mol. The van der Waals surface area contributed by atoms with Crippen LogP contribution in [0.2, 0.25) is 0 Å². The first-order valence-corrected chi connectivity index (χ1v) is 9.94. The second kappa shape index (κ2) is 7.80. The number of nitrogens with zero attached hydrogens (tertiary/aromatic N) is 2. The molecule has 0 aromatic heterocycles. The second-order valence-electron chi connectivity index (χ2n) is 7.81. The van der Waals surface area contributed by atoms with Gasteiger partial charge in [0.1, 0.15) is 0 Å². The van der Waals surface area contributed by atoms with Gasteiger partial charge in [-0.3, -0.25) is 4.79 Å². The van der Waals surface area contributed by atoms with Crippen molar-refractivity contribution in [1.82, 2.24) is 5.01 Å². The predicted octanol–water partition coefficient (Wildman–Crippen LogP) is 3.11. The van der Waals surface area contributed by atoms with E-state index in [0.717, 1.165) is 50.6 Å². The number of amides is 1. The van der Waals surface area contributed by atoms with Crippen molar-refractivity contribution in [2.45, 2.75) is 57.2 Å². The number of piperidine rings is 1. The summed E-state index contributed by atoms with van der Waals surface area (Å²) >= 11 is 0. The Kier molecular flexibility index (Phi) is 5.25. The SMILES string of the molecule is O=C(O)c1ccc(CC[C@@H]2[C@@H](C=NN3CCCCC3=O)[C@@H]3CC[C@H]2O3)cc1. The Labute approximate surface area is 159 Å². The highest BCUT2D eigenvalue weighted by Crippen LogP contribution is 2.44. The maximum Gasteiger partial charge on any atom is 0.335 e. The van der Waals surface area contributed by atoms with Crippen LogP contribution in [-0.2, 0) is 16.0 Å². The smallest absolute Gasteiger partial charge is 0.335 e. The first-order chi connectivity index (χ1) is 13.1. The van der Waals surface area contributed by atoms with Crippen molar-refractivity contribution in [2.24, 2.45) is 16.9 Å². The Hall–Kier alpha value is -2.21. The quantitative estimate of drug-likeness (QED) is 0.781. The second-order valence-corrected chi connectivity index (χ2v) is 7.81. The molecule has 3 heterocycles. The maximum atomic E-state index is 12.0. The van der Waals surface area contributed by atoms with E-state index in [1.807, 2.05) is 18.3 Å². The van der Waals surface area contributed by atoms with Crippen molar-refractivity contribution in [2.75, 3.05) is 6.54 Å². The van der Waals surface area contributed by atoms with Crippen molar-refractivity contribution >= 4 is 18.1 Å². The highest BCUT2D eigenvalue weighted by atomic mass is 16.5. The number of fused-ring (bicyclic) bond motifs is 2. The van der Waals surface area contributed by atoms with Gasteiger partial charge in [0.25, 0.3) is 0 Å². The van der Waals surface area contributed by atoms with E-state index in [4.69, 9.17) is 9.84 Å². The molecule has 0 spiro atoms. The topological polar surface area (TPSA) is 79.2 Å². The average molecular weight is 370 g/mol. The van der Waals surface area contributed by atoms with Gasteiger partial charge in [-0.25, -0.2) is 9.80 Å². The lowest BCUT2D eigenvalue weighted by Crippen LogP contribution is -2.33. The number of rotatable bonds is 6. The summed E-state index contributed by atoms with van der Waals surface area (Å²) in [6, 6.07) is 7.12. The molecular weight excluding hydrogens is 344 g/mol. The molecule has 0 aliphatic carbocycles. The maximum absolute atomic E-state index is 12.0. The van der Waals surface area contributed by atoms with Crippen LogP contribution >= 0.6 is 0 Å². The zero-order chi connectivity index (χ0) is 18.8. The number of aromatic carboxylic acids is 1. The van der Waals surface area contributed by atoms with Crippen LogP contribution in [0.15, 0.2) is 29.4 Å². The van der Waals surface area contributed by atoms with Gasteiger partial charge >= 0.3 is 5.97 Å². The first-order valence-electron chi connectivity index (χ1n) is 9.94. The molecule has 1 aromatic rings. The molecule has 1 N–H and O–H groups in total. The summed E-state index contributed by atoms with van der Waals surface area (Å²) < 4.78 is 6.13. The molecule has 6 nitrogen and oxygen atoms in total. The lowest BCUT2D eigenvalue weighted by atomic mass is 9.77. The zero-order valence-electron chi connectivity index (χ0n) is 15.4. The van der Waals surface area contributed by atoms with Gasteiger partial charge in [-0.1, -0.05) is 12.1 Å². The molecule has 6 heteroatoms. The molecule has 1 amide bonds. The number of carbonyl (C=O) groups excluding carboxylic acids is 1. The number of benzene rings is 1. The van der Waals surface area contributed by atoms with E-state index < -0.39 is 5.97 Å². The minimum Gasteiger partial charge on any atom is -0.478 e. The number of hydrogen-bond donors (Lipinski definition) is 1. The minimum atomic E-state index is -0.897. The van der Waals surface area contributed by atoms with Crippen LogP contribution in [0.1, 0.15) is 54.4 Å². The number of hydrogen-bond acceptors (Lipinski definition) is 4. The van der Waals surface area contributed by atoms with Crippen LogP contribution in [0.3, 0.4) is 0 Å². The third kappa shape index (κ3) is 3.90. The molecule has 3 aliphatic rings. The number of ether oxygens (including phenoxy) is 1. The fourth-order valence-corrected chi connectivity index (χ4v) is 4.61. The van der Waals surface area contributed by atoms with Crippen LogP contribution in [0, 0.1) is 11.8 Å². The van der Waals surface area contributed by atoms with Gasteiger partial charge in [0, 0.05) is 25.1 Å². The van der Waals surface area contributed by atoms with Crippen LogP contribution in [-0.4, -0.2) is 47.0 Å². The number of hydrazone groups is 1. The molecule has 0 radical (unpaired) electrons. The van der Waals surface area contributed by atoms with Crippen molar-refractivity contribution in [3.63, 3.8) is 0 Å². The highest BCUT2D eigenvalue weighted by molar-refractivity contribution is 5.87. The van der Waals surface area contributed by atoms with Crippen LogP contribution in [0.4, 0.5) is 0 Å². The highest BCUT2D eigenvalue weighted by Gasteiger charge is 2.47. The predicted molar refractivity (Wildman–Crippen MR) is 101 cm³/mol. The fourth-order valence-electron chi connectivity index (χ4n) is 4.61. The van der Waals surface area contributed by atoms with Crippen molar-refractivity contribution in [3.8, 4) is 0 Å². The van der Waals surface area contributed by atoms with Crippen LogP contribution in [0.25, 0.3) is 0 Å². The summed E-state index contributed by atoms with van der Waals surface area (Å²) in [6.45, 7) is 0.720. The molecule has 3 aliphatic heterocycles. The van der Waals surface area contributed by atoms with Gasteiger partial charge in [0.05, 0.1) is 17.8 Å². The lowest BCUT2D eigenvalue weighted by molar-refractivity contribution is -0.133. The number of aryl methyl sites for hydroxylation is 1. The Bertz CT molecular complexity index is 730. The largest absolute Gasteiger partial charge is 0.478 e. The minimum absolute atomic E-state index is 0.122. The molecule has 0 saturated carbocycles. The normalized spacial score (nSPS) is 30.4. The third-order valence-electron chi connectivity index (χ3n) is 6.13. The Morgan fingerprint density at radius 1 is 1.22 bits per heavy atom. The van der Waals surface area contributed by atoms with Crippen LogP contribution < -0.4 is 0 Å². The number of carboxylic acid groups (broad SMARTS) is 1. The van der Waals surface area contributed by atoms with Crippen molar-refractivity contribution in [1.29, 1.82) is 0 Å². The van der Waals surface area contributed by atoms with Gasteiger partial charge < -0.3 is 9.84 Å². The summed E-state index contributed by atoms with van der Waals surface area (Å²) in [4.78, 5) is 22.9. The Balaban J connectivity index is 1.39. The third-order valence-corrected chi connectivity index (χ3v) is 6.13. The number of carboxylic acids is 1. The van der Waals surface area contributed by atoms with E-state index in [1.54, 1.807) is 17.1 Å². The van der Waals surface area contributed by atoms with E-state index >= 15 is 0 Å². The van der Waals surface area contributed by atoms with Crippen molar-refractivity contribution in [3.05, 3.63) is 35.4 Å². The van der Waals surface area contributed by atoms with E-state index in [9.17, 15) is 9.59 Å². The summed E-state index contributed by atoms with van der Waals surface area (Å²) in [7, 11) is 0.